The predicted molar refractivity (Wildman–Crippen MR) is 140 cm³/mol. The van der Waals surface area contributed by atoms with Gasteiger partial charge in [-0.2, -0.15) is 0 Å². The van der Waals surface area contributed by atoms with Crippen molar-refractivity contribution in [3.63, 3.8) is 0 Å². The minimum Gasteiger partial charge on any atom is -0.491 e. The van der Waals surface area contributed by atoms with Crippen LogP contribution >= 0.6 is 0 Å². The molecular weight excluding hydrogens is 410 g/mol. The number of hydrogen-bond donors (Lipinski definition) is 1. The van der Waals surface area contributed by atoms with Crippen LogP contribution < -0.4 is 9.47 Å². The Morgan fingerprint density at radius 3 is 2.30 bits per heavy atom. The van der Waals surface area contributed by atoms with Crippen molar-refractivity contribution in [3.8, 4) is 11.5 Å². The van der Waals surface area contributed by atoms with Gasteiger partial charge in [-0.05, 0) is 82.8 Å². The first-order valence-electron chi connectivity index (χ1n) is 12.7. The molecule has 2 aromatic rings. The molecule has 186 valence electrons. The van der Waals surface area contributed by atoms with E-state index in [1.165, 1.54) is 16.7 Å². The Bertz CT molecular complexity index is 803. The van der Waals surface area contributed by atoms with Crippen molar-refractivity contribution in [2.45, 2.75) is 100 Å². The predicted octanol–water partition coefficient (Wildman–Crippen LogP) is 6.93. The maximum absolute atomic E-state index is 9.46. The number of rotatable bonds is 13. The number of aryl methyl sites for hydroxylation is 2. The van der Waals surface area contributed by atoms with E-state index in [-0.39, 0.29) is 18.8 Å². The fraction of sp³-hybridized carbons (Fsp3) is 0.586. The third kappa shape index (κ3) is 9.77. The Morgan fingerprint density at radius 2 is 1.70 bits per heavy atom. The Kier molecular flexibility index (Phi) is 13.8. The normalized spacial score (nSPS) is 11.8. The third-order valence-corrected chi connectivity index (χ3v) is 5.60. The molecule has 0 amide bonds. The molecule has 33 heavy (non-hydrogen) atoms. The minimum absolute atomic E-state index is 0.0325. The average Bonchev–Trinajstić information content (AvgIpc) is 2.81. The molecule has 0 heterocycles. The summed E-state index contributed by atoms with van der Waals surface area (Å²) in [5.74, 6) is 1.94. The number of aliphatic hydroxyl groups excluding tert-OH is 1. The molecule has 1 atom stereocenters. The van der Waals surface area contributed by atoms with E-state index in [1.54, 1.807) is 0 Å². The van der Waals surface area contributed by atoms with E-state index in [0.29, 0.717) is 0 Å². The molecule has 2 rings (SSSR count). The summed E-state index contributed by atoms with van der Waals surface area (Å²) in [5.41, 5.74) is 4.55. The summed E-state index contributed by atoms with van der Waals surface area (Å²) in [7, 11) is 0. The van der Waals surface area contributed by atoms with Gasteiger partial charge in [0.25, 0.3) is 0 Å². The molecule has 0 saturated heterocycles. The Hall–Kier alpha value is -2.04. The van der Waals surface area contributed by atoms with Gasteiger partial charge in [-0.1, -0.05) is 58.0 Å². The lowest BCUT2D eigenvalue weighted by atomic mass is 10.1. The van der Waals surface area contributed by atoms with Crippen LogP contribution in [0.5, 0.6) is 11.5 Å². The molecule has 4 nitrogen and oxygen atoms in total. The van der Waals surface area contributed by atoms with Crippen LogP contribution in [0.4, 0.5) is 0 Å². The van der Waals surface area contributed by atoms with Crippen LogP contribution in [-0.2, 0) is 19.6 Å². The zero-order chi connectivity index (χ0) is 24.8. The summed E-state index contributed by atoms with van der Waals surface area (Å²) in [4.78, 5) is 2.44. The van der Waals surface area contributed by atoms with Crippen molar-refractivity contribution < 1.29 is 14.6 Å². The second kappa shape index (κ2) is 15.7. The first-order chi connectivity index (χ1) is 15.9. The van der Waals surface area contributed by atoms with Crippen molar-refractivity contribution in [2.75, 3.05) is 13.1 Å². The zero-order valence-corrected chi connectivity index (χ0v) is 22.3. The van der Waals surface area contributed by atoms with Crippen molar-refractivity contribution in [3.05, 3.63) is 58.7 Å². The van der Waals surface area contributed by atoms with Gasteiger partial charge in [0, 0.05) is 12.1 Å². The van der Waals surface area contributed by atoms with Gasteiger partial charge in [0.15, 0.2) is 0 Å². The van der Waals surface area contributed by atoms with Crippen LogP contribution in [0.1, 0.15) is 83.6 Å². The summed E-state index contributed by atoms with van der Waals surface area (Å²) in [5, 5.41) is 9.46. The number of hydrogen-bond acceptors (Lipinski definition) is 4. The monoisotopic (exact) mass is 457 g/mol. The van der Waals surface area contributed by atoms with E-state index in [2.05, 4.69) is 56.9 Å². The van der Waals surface area contributed by atoms with Gasteiger partial charge in [0.2, 0.25) is 0 Å². The summed E-state index contributed by atoms with van der Waals surface area (Å²) >= 11 is 0. The number of para-hydroxylation sites is 1. The van der Waals surface area contributed by atoms with Gasteiger partial charge < -0.3 is 14.6 Å². The highest BCUT2D eigenvalue weighted by Gasteiger charge is 2.14. The molecule has 0 aliphatic heterocycles. The molecule has 0 bridgehead atoms. The summed E-state index contributed by atoms with van der Waals surface area (Å²) < 4.78 is 12.3. The van der Waals surface area contributed by atoms with Crippen molar-refractivity contribution in [1.82, 2.24) is 4.90 Å². The van der Waals surface area contributed by atoms with Crippen molar-refractivity contribution in [1.29, 1.82) is 0 Å². The number of ether oxygens (including phenoxy) is 2. The molecule has 0 aliphatic rings. The van der Waals surface area contributed by atoms with Crippen molar-refractivity contribution in [2.24, 2.45) is 0 Å². The van der Waals surface area contributed by atoms with Crippen LogP contribution in [0, 0.1) is 6.92 Å². The fourth-order valence-corrected chi connectivity index (χ4v) is 3.80. The smallest absolute Gasteiger partial charge is 0.125 e. The average molecular weight is 458 g/mol. The Balaban J connectivity index is 0.00000265. The largest absolute Gasteiger partial charge is 0.491 e. The van der Waals surface area contributed by atoms with E-state index in [1.807, 2.05) is 39.8 Å². The van der Waals surface area contributed by atoms with E-state index in [9.17, 15) is 5.11 Å². The Morgan fingerprint density at radius 1 is 0.970 bits per heavy atom. The van der Waals surface area contributed by atoms with Crippen LogP contribution in [0.25, 0.3) is 0 Å². The van der Waals surface area contributed by atoms with E-state index in [4.69, 9.17) is 9.47 Å². The van der Waals surface area contributed by atoms with Gasteiger partial charge in [0.1, 0.15) is 11.5 Å². The first-order valence-corrected chi connectivity index (χ1v) is 12.7. The van der Waals surface area contributed by atoms with Gasteiger partial charge in [-0.25, -0.2) is 0 Å². The molecule has 4 heteroatoms. The molecule has 0 radical (unpaired) electrons. The minimum atomic E-state index is 0.0325. The molecule has 0 aliphatic carbocycles. The molecular formula is C29H47NO3. The molecule has 0 spiro atoms. The lowest BCUT2D eigenvalue weighted by Crippen LogP contribution is -2.26. The van der Waals surface area contributed by atoms with E-state index >= 15 is 0 Å². The lowest BCUT2D eigenvalue weighted by molar-refractivity contribution is 0.188. The van der Waals surface area contributed by atoms with Gasteiger partial charge >= 0.3 is 0 Å². The van der Waals surface area contributed by atoms with Crippen LogP contribution in [-0.4, -0.2) is 35.3 Å². The summed E-state index contributed by atoms with van der Waals surface area (Å²) in [6.45, 7) is 19.6. The summed E-state index contributed by atoms with van der Waals surface area (Å²) in [6, 6.07) is 12.4. The second-order valence-corrected chi connectivity index (χ2v) is 8.62. The highest BCUT2D eigenvalue weighted by molar-refractivity contribution is 5.41. The van der Waals surface area contributed by atoms with Gasteiger partial charge in [-0.15, -0.1) is 0 Å². The topological polar surface area (TPSA) is 41.9 Å². The molecule has 0 fully saturated rings. The molecule has 2 aromatic carbocycles. The van der Waals surface area contributed by atoms with Crippen molar-refractivity contribution >= 4 is 0 Å². The molecule has 0 aromatic heterocycles. The number of benzene rings is 2. The van der Waals surface area contributed by atoms with E-state index in [0.717, 1.165) is 56.0 Å². The van der Waals surface area contributed by atoms with Crippen LogP contribution in [0.2, 0.25) is 0 Å². The fourth-order valence-electron chi connectivity index (χ4n) is 3.80. The maximum Gasteiger partial charge on any atom is 0.125 e. The summed E-state index contributed by atoms with van der Waals surface area (Å²) in [6.07, 6.45) is 3.39. The highest BCUT2D eigenvalue weighted by atomic mass is 16.5. The molecule has 0 saturated carbocycles. The zero-order valence-electron chi connectivity index (χ0n) is 22.3. The van der Waals surface area contributed by atoms with Gasteiger partial charge in [-0.3, -0.25) is 4.90 Å². The van der Waals surface area contributed by atoms with Gasteiger partial charge in [0.05, 0.1) is 18.8 Å². The molecule has 1 N–H and O–H groups in total. The van der Waals surface area contributed by atoms with Crippen LogP contribution in [0.15, 0.2) is 36.4 Å². The standard InChI is InChI=1S/C27H41NO3.C2H6/c1-7-24-13-9-11-21(5)27(24)31-22(6)12-10-16-28(8-2)18-25-15-14-23(19-29)17-26(25)30-20(3)4;1-2/h9,11,13-15,17,20,22,29H,7-8,10,12,16,18-19H2,1-6H3;1-2H3. The second-order valence-electron chi connectivity index (χ2n) is 8.62. The number of nitrogens with zero attached hydrogens (tertiary/aromatic N) is 1. The quantitative estimate of drug-likeness (QED) is 0.354. The SMILES string of the molecule is CC.CCc1cccc(C)c1OC(C)CCCN(CC)Cc1ccc(CO)cc1OC(C)C. The van der Waals surface area contributed by atoms with Crippen LogP contribution in [0.3, 0.4) is 0 Å². The lowest BCUT2D eigenvalue weighted by Gasteiger charge is -2.24. The maximum atomic E-state index is 9.46. The number of aliphatic hydroxyl groups is 1. The Labute approximate surface area is 202 Å². The first kappa shape index (κ1) is 29.0. The third-order valence-electron chi connectivity index (χ3n) is 5.60. The van der Waals surface area contributed by atoms with E-state index < -0.39 is 0 Å². The molecule has 1 unspecified atom stereocenters. The highest BCUT2D eigenvalue weighted by Crippen LogP contribution is 2.26.